The van der Waals surface area contributed by atoms with Crippen LogP contribution in [-0.2, 0) is 10.0 Å². The van der Waals surface area contributed by atoms with E-state index in [1.165, 1.54) is 18.5 Å². The zero-order valence-electron chi connectivity index (χ0n) is 11.5. The largest absolute Gasteiger partial charge is 0.273 e. The van der Waals surface area contributed by atoms with E-state index in [9.17, 15) is 18.5 Å². The van der Waals surface area contributed by atoms with Gasteiger partial charge in [0, 0.05) is 11.6 Å². The molecule has 0 radical (unpaired) electrons. The van der Waals surface area contributed by atoms with E-state index < -0.39 is 14.9 Å². The van der Waals surface area contributed by atoms with Gasteiger partial charge in [-0.15, -0.1) is 0 Å². The van der Waals surface area contributed by atoms with Crippen molar-refractivity contribution in [2.45, 2.75) is 11.8 Å². The van der Waals surface area contributed by atoms with Gasteiger partial charge in [0.25, 0.3) is 15.7 Å². The highest BCUT2D eigenvalue weighted by Gasteiger charge is 2.23. The quantitative estimate of drug-likeness (QED) is 0.546. The lowest BCUT2D eigenvalue weighted by Gasteiger charge is -2.07. The highest BCUT2D eigenvalue weighted by molar-refractivity contribution is 7.90. The third kappa shape index (κ3) is 2.13. The van der Waals surface area contributed by atoms with Crippen molar-refractivity contribution in [3.8, 4) is 0 Å². The van der Waals surface area contributed by atoms with E-state index in [2.05, 4.69) is 4.98 Å². The maximum absolute atomic E-state index is 12.7. The molecule has 22 heavy (non-hydrogen) atoms. The zero-order valence-corrected chi connectivity index (χ0v) is 12.3. The van der Waals surface area contributed by atoms with E-state index in [0.29, 0.717) is 16.6 Å². The first kappa shape index (κ1) is 14.2. The van der Waals surface area contributed by atoms with Gasteiger partial charge in [0.2, 0.25) is 0 Å². The van der Waals surface area contributed by atoms with Gasteiger partial charge in [-0.3, -0.25) is 10.1 Å². The third-order valence-electron chi connectivity index (χ3n) is 3.35. The minimum absolute atomic E-state index is 0.145. The summed E-state index contributed by atoms with van der Waals surface area (Å²) in [5, 5.41) is 11.0. The molecule has 1 aromatic heterocycles. The summed E-state index contributed by atoms with van der Waals surface area (Å²) in [7, 11) is -3.95. The molecule has 0 aliphatic rings. The third-order valence-corrected chi connectivity index (χ3v) is 5.01. The Morgan fingerprint density at radius 3 is 2.64 bits per heavy atom. The molecule has 0 spiro atoms. The first-order valence-corrected chi connectivity index (χ1v) is 7.78. The molecule has 0 saturated carbocycles. The van der Waals surface area contributed by atoms with E-state index >= 15 is 0 Å². The summed E-state index contributed by atoms with van der Waals surface area (Å²) in [6, 6.07) is 10.6. The minimum Gasteiger partial charge on any atom is -0.258 e. The van der Waals surface area contributed by atoms with Crippen LogP contribution in [0, 0.1) is 17.0 Å². The number of rotatable bonds is 3. The number of hydrogen-bond acceptors (Lipinski definition) is 5. The zero-order chi connectivity index (χ0) is 15.9. The molecule has 112 valence electrons. The molecule has 0 saturated heterocycles. The maximum atomic E-state index is 12.7. The fraction of sp³-hybridized carbons (Fsp3) is 0.0714. The molecule has 1 heterocycles. The highest BCUT2D eigenvalue weighted by atomic mass is 32.2. The first-order valence-electron chi connectivity index (χ1n) is 6.34. The van der Waals surface area contributed by atoms with Crippen LogP contribution in [0.25, 0.3) is 11.0 Å². The Balaban J connectivity index is 2.22. The van der Waals surface area contributed by atoms with E-state index in [0.717, 1.165) is 10.0 Å². The van der Waals surface area contributed by atoms with Crippen LogP contribution in [0.15, 0.2) is 53.7 Å². The Kier molecular flexibility index (Phi) is 3.18. The number of para-hydroxylation sites is 2. The number of nitro groups is 1. The summed E-state index contributed by atoms with van der Waals surface area (Å²) >= 11 is 0. The summed E-state index contributed by atoms with van der Waals surface area (Å²) in [5.74, 6) is 0. The van der Waals surface area contributed by atoms with Gasteiger partial charge in [0.1, 0.15) is 6.33 Å². The van der Waals surface area contributed by atoms with Crippen molar-refractivity contribution < 1.29 is 13.3 Å². The van der Waals surface area contributed by atoms with Crippen LogP contribution in [0.5, 0.6) is 0 Å². The number of nitrogens with zero attached hydrogens (tertiary/aromatic N) is 3. The molecule has 7 nitrogen and oxygen atoms in total. The Hall–Kier alpha value is -2.74. The van der Waals surface area contributed by atoms with Crippen molar-refractivity contribution in [2.75, 3.05) is 0 Å². The Labute approximate surface area is 126 Å². The van der Waals surface area contributed by atoms with Gasteiger partial charge in [-0.2, -0.15) is 0 Å². The van der Waals surface area contributed by atoms with E-state index in [1.54, 1.807) is 31.2 Å². The second-order valence-corrected chi connectivity index (χ2v) is 6.55. The van der Waals surface area contributed by atoms with Gasteiger partial charge in [0.05, 0.1) is 20.9 Å². The molecule has 0 N–H and O–H groups in total. The number of hydrogen-bond donors (Lipinski definition) is 0. The Morgan fingerprint density at radius 2 is 1.91 bits per heavy atom. The summed E-state index contributed by atoms with van der Waals surface area (Å²) in [6.07, 6.45) is 1.20. The van der Waals surface area contributed by atoms with Crippen LogP contribution in [-0.4, -0.2) is 22.3 Å². The van der Waals surface area contributed by atoms with Crippen molar-refractivity contribution >= 4 is 26.7 Å². The minimum atomic E-state index is -3.95. The van der Waals surface area contributed by atoms with Crippen molar-refractivity contribution in [1.82, 2.24) is 8.96 Å². The molecule has 0 amide bonds. The molecule has 0 aliphatic heterocycles. The molecule has 0 fully saturated rings. The average molecular weight is 317 g/mol. The monoisotopic (exact) mass is 317 g/mol. The van der Waals surface area contributed by atoms with Gasteiger partial charge in [-0.05, 0) is 25.1 Å². The van der Waals surface area contributed by atoms with Crippen LogP contribution in [0.4, 0.5) is 5.69 Å². The van der Waals surface area contributed by atoms with Gasteiger partial charge >= 0.3 is 0 Å². The van der Waals surface area contributed by atoms with Crippen LogP contribution in [0.2, 0.25) is 0 Å². The fourth-order valence-corrected chi connectivity index (χ4v) is 3.50. The summed E-state index contributed by atoms with van der Waals surface area (Å²) in [4.78, 5) is 14.3. The van der Waals surface area contributed by atoms with E-state index in [4.69, 9.17) is 0 Å². The molecular formula is C14H11N3O4S. The predicted octanol–water partition coefficient (Wildman–Crippen LogP) is 2.49. The first-order chi connectivity index (χ1) is 10.4. The fourth-order valence-electron chi connectivity index (χ4n) is 2.19. The molecule has 3 aromatic rings. The predicted molar refractivity (Wildman–Crippen MR) is 80.2 cm³/mol. The van der Waals surface area contributed by atoms with Crippen molar-refractivity contribution in [1.29, 1.82) is 0 Å². The van der Waals surface area contributed by atoms with Gasteiger partial charge in [-0.25, -0.2) is 17.4 Å². The second-order valence-electron chi connectivity index (χ2n) is 4.74. The lowest BCUT2D eigenvalue weighted by atomic mass is 10.2. The number of aryl methyl sites for hydroxylation is 1. The number of aromatic nitrogens is 2. The lowest BCUT2D eigenvalue weighted by molar-refractivity contribution is -0.385. The molecular weight excluding hydrogens is 306 g/mol. The Morgan fingerprint density at radius 1 is 1.18 bits per heavy atom. The van der Waals surface area contributed by atoms with Crippen LogP contribution in [0.3, 0.4) is 0 Å². The molecule has 3 rings (SSSR count). The highest BCUT2D eigenvalue weighted by Crippen LogP contribution is 2.25. The van der Waals surface area contributed by atoms with Crippen molar-refractivity contribution in [3.05, 3.63) is 64.5 Å². The van der Waals surface area contributed by atoms with Crippen molar-refractivity contribution in [3.63, 3.8) is 0 Å². The normalized spacial score (nSPS) is 11.7. The van der Waals surface area contributed by atoms with Crippen LogP contribution < -0.4 is 0 Å². The topological polar surface area (TPSA) is 95.1 Å². The standard InChI is InChI=1S/C14H11N3O4S/c1-10-6-7-11(8-14(10)17(18)19)22(20,21)16-9-15-12-4-2-3-5-13(12)16/h2-9H,1H3. The van der Waals surface area contributed by atoms with E-state index in [1.807, 2.05) is 0 Å². The van der Waals surface area contributed by atoms with Gasteiger partial charge in [-0.1, -0.05) is 18.2 Å². The molecule has 2 aromatic carbocycles. The average Bonchev–Trinajstić information content (AvgIpc) is 2.91. The second kappa shape index (κ2) is 4.92. The number of fused-ring (bicyclic) bond motifs is 1. The number of nitro benzene ring substituents is 1. The number of imidazole rings is 1. The smallest absolute Gasteiger partial charge is 0.258 e. The Bertz CT molecular complexity index is 992. The van der Waals surface area contributed by atoms with Gasteiger partial charge in [0.15, 0.2) is 0 Å². The maximum Gasteiger partial charge on any atom is 0.273 e. The van der Waals surface area contributed by atoms with Gasteiger partial charge < -0.3 is 0 Å². The van der Waals surface area contributed by atoms with E-state index in [-0.39, 0.29) is 10.6 Å². The molecule has 8 heteroatoms. The van der Waals surface area contributed by atoms with Crippen LogP contribution >= 0.6 is 0 Å². The summed E-state index contributed by atoms with van der Waals surface area (Å²) < 4.78 is 26.4. The summed E-state index contributed by atoms with van der Waals surface area (Å²) in [5.41, 5.74) is 1.13. The van der Waals surface area contributed by atoms with Crippen molar-refractivity contribution in [2.24, 2.45) is 0 Å². The number of benzene rings is 2. The molecule has 0 bridgehead atoms. The summed E-state index contributed by atoms with van der Waals surface area (Å²) in [6.45, 7) is 1.56. The molecule has 0 aliphatic carbocycles. The lowest BCUT2D eigenvalue weighted by Crippen LogP contribution is -2.12. The molecule has 0 atom stereocenters. The van der Waals surface area contributed by atoms with Crippen LogP contribution in [0.1, 0.15) is 5.56 Å². The molecule has 0 unspecified atom stereocenters. The SMILES string of the molecule is Cc1ccc(S(=O)(=O)n2cnc3ccccc32)cc1[N+](=O)[O-].